The Balaban J connectivity index is 2.63. The number of amides is 1. The Morgan fingerprint density at radius 2 is 2.17 bits per heavy atom. The van der Waals surface area contributed by atoms with Gasteiger partial charge >= 0.3 is 0 Å². The van der Waals surface area contributed by atoms with E-state index >= 15 is 0 Å². The van der Waals surface area contributed by atoms with Crippen molar-refractivity contribution < 1.29 is 9.32 Å². The number of aryl methyl sites for hydroxylation is 2. The van der Waals surface area contributed by atoms with E-state index in [4.69, 9.17) is 10.9 Å². The monoisotopic (exact) mass is 249 g/mol. The molecule has 1 rings (SSSR count). The van der Waals surface area contributed by atoms with Crippen LogP contribution in [-0.2, 0) is 4.79 Å². The lowest BCUT2D eigenvalue weighted by molar-refractivity contribution is -0.122. The first-order valence-corrected chi connectivity index (χ1v) is 5.87. The molecule has 0 saturated carbocycles. The maximum atomic E-state index is 11.7. The molecule has 0 radical (unpaired) electrons. The van der Waals surface area contributed by atoms with Gasteiger partial charge in [0.05, 0.1) is 18.3 Å². The van der Waals surface area contributed by atoms with Crippen molar-refractivity contribution in [3.63, 3.8) is 0 Å². The highest BCUT2D eigenvalue weighted by Gasteiger charge is 2.20. The minimum Gasteiger partial charge on any atom is -0.361 e. The summed E-state index contributed by atoms with van der Waals surface area (Å²) in [7, 11) is 0. The molecule has 0 aliphatic carbocycles. The quantitative estimate of drug-likeness (QED) is 0.766. The number of hydrogen-bond donors (Lipinski definition) is 2. The van der Waals surface area contributed by atoms with E-state index in [0.717, 1.165) is 17.0 Å². The molecule has 2 atom stereocenters. The summed E-state index contributed by atoms with van der Waals surface area (Å²) in [6.07, 6.45) is 5.09. The molecule has 0 saturated heterocycles. The van der Waals surface area contributed by atoms with Gasteiger partial charge in [-0.05, 0) is 27.7 Å². The Bertz CT molecular complexity index is 440. The number of aromatic nitrogens is 1. The first-order valence-electron chi connectivity index (χ1n) is 5.87. The molecule has 1 aromatic rings. The zero-order valence-corrected chi connectivity index (χ0v) is 11.2. The van der Waals surface area contributed by atoms with Crippen LogP contribution in [0.2, 0.25) is 0 Å². The fourth-order valence-corrected chi connectivity index (χ4v) is 1.93. The van der Waals surface area contributed by atoms with Crippen LogP contribution in [0.5, 0.6) is 0 Å². The van der Waals surface area contributed by atoms with Crippen molar-refractivity contribution in [1.82, 2.24) is 15.8 Å². The van der Waals surface area contributed by atoms with Crippen LogP contribution in [0.1, 0.15) is 36.9 Å². The van der Waals surface area contributed by atoms with Gasteiger partial charge in [-0.25, -0.2) is 0 Å². The summed E-state index contributed by atoms with van der Waals surface area (Å²) in [4.78, 5) is 11.7. The highest BCUT2D eigenvalue weighted by molar-refractivity contribution is 5.81. The average molecular weight is 249 g/mol. The van der Waals surface area contributed by atoms with Crippen molar-refractivity contribution in [1.29, 1.82) is 0 Å². The molecule has 2 unspecified atom stereocenters. The molecule has 0 spiro atoms. The van der Waals surface area contributed by atoms with Gasteiger partial charge in [0, 0.05) is 11.6 Å². The van der Waals surface area contributed by atoms with Gasteiger partial charge in [0.2, 0.25) is 5.91 Å². The third-order valence-corrected chi connectivity index (χ3v) is 2.78. The summed E-state index contributed by atoms with van der Waals surface area (Å²) < 4.78 is 5.11. The Morgan fingerprint density at radius 1 is 1.50 bits per heavy atom. The predicted octanol–water partition coefficient (Wildman–Crippen LogP) is 1.08. The third kappa shape index (κ3) is 3.34. The van der Waals surface area contributed by atoms with Crippen LogP contribution in [0.15, 0.2) is 4.52 Å². The first-order chi connectivity index (χ1) is 8.47. The molecule has 18 heavy (non-hydrogen) atoms. The van der Waals surface area contributed by atoms with Crippen LogP contribution < -0.4 is 10.6 Å². The van der Waals surface area contributed by atoms with Crippen molar-refractivity contribution in [3.8, 4) is 12.3 Å². The largest absolute Gasteiger partial charge is 0.361 e. The van der Waals surface area contributed by atoms with Gasteiger partial charge in [-0.3, -0.25) is 10.1 Å². The zero-order valence-electron chi connectivity index (χ0n) is 11.2. The Labute approximate surface area is 107 Å². The first kappa shape index (κ1) is 14.3. The highest BCUT2D eigenvalue weighted by atomic mass is 16.5. The fourth-order valence-electron chi connectivity index (χ4n) is 1.93. The number of carbonyl (C=O) groups excluding carboxylic acids is 1. The maximum absolute atomic E-state index is 11.7. The number of terminal acetylenes is 1. The second kappa shape index (κ2) is 6.22. The molecule has 1 amide bonds. The molecule has 0 aromatic carbocycles. The van der Waals surface area contributed by atoms with Gasteiger partial charge in [-0.1, -0.05) is 11.1 Å². The van der Waals surface area contributed by atoms with Gasteiger partial charge in [0.15, 0.2) is 0 Å². The molecule has 0 aliphatic rings. The number of rotatable bonds is 5. The lowest BCUT2D eigenvalue weighted by atomic mass is 10.1. The minimum absolute atomic E-state index is 0.0113. The number of carbonyl (C=O) groups is 1. The van der Waals surface area contributed by atoms with Crippen molar-refractivity contribution in [3.05, 3.63) is 17.0 Å². The number of hydrogen-bond acceptors (Lipinski definition) is 4. The second-order valence-corrected chi connectivity index (χ2v) is 4.27. The van der Waals surface area contributed by atoms with E-state index < -0.39 is 0 Å². The summed E-state index contributed by atoms with van der Waals surface area (Å²) in [5.41, 5.74) is 1.83. The Morgan fingerprint density at radius 3 is 2.67 bits per heavy atom. The predicted molar refractivity (Wildman–Crippen MR) is 68.8 cm³/mol. The van der Waals surface area contributed by atoms with Gasteiger partial charge in [0.25, 0.3) is 0 Å². The van der Waals surface area contributed by atoms with Gasteiger partial charge in [-0.15, -0.1) is 6.42 Å². The summed E-state index contributed by atoms with van der Waals surface area (Å²) >= 11 is 0. The molecule has 1 aromatic heterocycles. The summed E-state index contributed by atoms with van der Waals surface area (Å²) in [5, 5.41) is 9.72. The van der Waals surface area contributed by atoms with Gasteiger partial charge in [0.1, 0.15) is 5.76 Å². The summed E-state index contributed by atoms with van der Waals surface area (Å²) in [6, 6.07) is -0.343. The van der Waals surface area contributed by atoms with E-state index in [-0.39, 0.29) is 24.5 Å². The van der Waals surface area contributed by atoms with Crippen LogP contribution in [0, 0.1) is 26.2 Å². The Hall–Kier alpha value is -1.80. The van der Waals surface area contributed by atoms with E-state index in [9.17, 15) is 4.79 Å². The SMILES string of the molecule is C#CCNC(=O)C(C)NC(C)c1c(C)noc1C. The molecule has 0 bridgehead atoms. The normalized spacial score (nSPS) is 13.7. The molecule has 0 aliphatic heterocycles. The average Bonchev–Trinajstić information content (AvgIpc) is 2.65. The molecule has 2 N–H and O–H groups in total. The van der Waals surface area contributed by atoms with Crippen molar-refractivity contribution in [2.45, 2.75) is 39.8 Å². The van der Waals surface area contributed by atoms with E-state index in [2.05, 4.69) is 21.7 Å². The minimum atomic E-state index is -0.331. The Kier molecular flexibility index (Phi) is 4.93. The van der Waals surface area contributed by atoms with Crippen molar-refractivity contribution in [2.75, 3.05) is 6.54 Å². The van der Waals surface area contributed by atoms with Crippen LogP contribution in [0.4, 0.5) is 0 Å². The molecule has 5 nitrogen and oxygen atoms in total. The molecule has 1 heterocycles. The molecule has 5 heteroatoms. The third-order valence-electron chi connectivity index (χ3n) is 2.78. The van der Waals surface area contributed by atoms with Crippen molar-refractivity contribution >= 4 is 5.91 Å². The topological polar surface area (TPSA) is 67.2 Å². The van der Waals surface area contributed by atoms with Gasteiger partial charge in [-0.2, -0.15) is 0 Å². The van der Waals surface area contributed by atoms with Crippen LogP contribution >= 0.6 is 0 Å². The van der Waals surface area contributed by atoms with Crippen molar-refractivity contribution in [2.24, 2.45) is 0 Å². The van der Waals surface area contributed by atoms with Gasteiger partial charge < -0.3 is 9.84 Å². The van der Waals surface area contributed by atoms with E-state index in [0.29, 0.717) is 0 Å². The zero-order chi connectivity index (χ0) is 13.7. The highest BCUT2D eigenvalue weighted by Crippen LogP contribution is 2.21. The summed E-state index contributed by atoms with van der Waals surface area (Å²) in [6.45, 7) is 7.74. The fraction of sp³-hybridized carbons (Fsp3) is 0.538. The van der Waals surface area contributed by atoms with E-state index in [1.54, 1.807) is 6.92 Å². The van der Waals surface area contributed by atoms with Crippen LogP contribution in [0.25, 0.3) is 0 Å². The lowest BCUT2D eigenvalue weighted by Gasteiger charge is -2.19. The standard InChI is InChI=1S/C13H19N3O2/c1-6-7-14-13(17)10(4)15-8(2)12-9(3)16-18-11(12)5/h1,8,10,15H,7H2,2-5H3,(H,14,17). The summed E-state index contributed by atoms with van der Waals surface area (Å²) in [5.74, 6) is 3.02. The molecule has 98 valence electrons. The van der Waals surface area contributed by atoms with Crippen LogP contribution in [-0.4, -0.2) is 23.7 Å². The van der Waals surface area contributed by atoms with Crippen LogP contribution in [0.3, 0.4) is 0 Å². The maximum Gasteiger partial charge on any atom is 0.237 e. The smallest absolute Gasteiger partial charge is 0.237 e. The number of nitrogens with one attached hydrogen (secondary N) is 2. The van der Waals surface area contributed by atoms with E-state index in [1.165, 1.54) is 0 Å². The molecular formula is C13H19N3O2. The lowest BCUT2D eigenvalue weighted by Crippen LogP contribution is -2.43. The second-order valence-electron chi connectivity index (χ2n) is 4.27. The molecule has 0 fully saturated rings. The van der Waals surface area contributed by atoms with E-state index in [1.807, 2.05) is 20.8 Å². The molecular weight excluding hydrogens is 230 g/mol. The number of nitrogens with zero attached hydrogens (tertiary/aromatic N) is 1.